The zero-order valence-corrected chi connectivity index (χ0v) is 24.0. The Morgan fingerprint density at radius 2 is 1.77 bits per heavy atom. The predicted molar refractivity (Wildman–Crippen MR) is 163 cm³/mol. The normalized spacial score (nSPS) is 17.5. The van der Waals surface area contributed by atoms with Crippen molar-refractivity contribution in [1.29, 1.82) is 0 Å². The number of hydrogen-bond donors (Lipinski definition) is 0. The molecule has 0 bridgehead atoms. The molecule has 6 aromatic rings. The molecule has 0 aliphatic carbocycles. The fraction of sp³-hybridized carbons (Fsp3) is 0.0909. The molecule has 43 heavy (non-hydrogen) atoms. The summed E-state index contributed by atoms with van der Waals surface area (Å²) in [5.74, 6) is -2.10. The highest BCUT2D eigenvalue weighted by atomic mass is 35.5. The van der Waals surface area contributed by atoms with E-state index in [1.807, 2.05) is 37.3 Å². The van der Waals surface area contributed by atoms with Gasteiger partial charge in [0.15, 0.2) is 16.1 Å². The first-order chi connectivity index (χ1) is 20.8. The van der Waals surface area contributed by atoms with Gasteiger partial charge in [-0.05, 0) is 66.6 Å². The van der Waals surface area contributed by atoms with Crippen molar-refractivity contribution in [3.05, 3.63) is 134 Å². The molecule has 2 aliphatic heterocycles. The van der Waals surface area contributed by atoms with Crippen molar-refractivity contribution < 1.29 is 18.4 Å². The lowest BCUT2D eigenvalue weighted by Gasteiger charge is -2.32. The summed E-state index contributed by atoms with van der Waals surface area (Å²) in [6.45, 7) is 2.11. The number of nitrogens with zero attached hydrogens (tertiary/aromatic N) is 3. The molecule has 7 nitrogen and oxygen atoms in total. The van der Waals surface area contributed by atoms with E-state index in [4.69, 9.17) is 21.0 Å². The van der Waals surface area contributed by atoms with E-state index in [2.05, 4.69) is 0 Å². The van der Waals surface area contributed by atoms with E-state index < -0.39 is 28.6 Å². The number of thiazole rings is 1. The van der Waals surface area contributed by atoms with Crippen molar-refractivity contribution in [2.75, 3.05) is 9.80 Å². The smallest absolute Gasteiger partial charge is 0.297 e. The highest BCUT2D eigenvalue weighted by molar-refractivity contribution is 7.22. The number of benzene rings is 4. The first kappa shape index (κ1) is 25.8. The van der Waals surface area contributed by atoms with Gasteiger partial charge in [0.1, 0.15) is 11.4 Å². The lowest BCUT2D eigenvalue weighted by Crippen LogP contribution is -2.53. The summed E-state index contributed by atoms with van der Waals surface area (Å²) in [7, 11) is 0. The molecule has 1 unspecified atom stereocenters. The Balaban J connectivity index is 1.45. The van der Waals surface area contributed by atoms with Gasteiger partial charge in [-0.3, -0.25) is 19.3 Å². The second kappa shape index (κ2) is 9.07. The third-order valence-corrected chi connectivity index (χ3v) is 9.32. The van der Waals surface area contributed by atoms with Crippen LogP contribution in [0.25, 0.3) is 21.2 Å². The maximum absolute atomic E-state index is 15.0. The van der Waals surface area contributed by atoms with Crippen LogP contribution in [-0.2, 0) is 16.9 Å². The minimum absolute atomic E-state index is 0.0483. The van der Waals surface area contributed by atoms with Crippen molar-refractivity contribution >= 4 is 66.8 Å². The number of carbonyl (C=O) groups is 2. The number of para-hydroxylation sites is 1. The molecule has 0 N–H and O–H groups in total. The van der Waals surface area contributed by atoms with Crippen molar-refractivity contribution in [2.24, 2.45) is 0 Å². The Morgan fingerprint density at radius 1 is 0.977 bits per heavy atom. The average Bonchev–Trinajstić information content (AvgIpc) is 3.60. The van der Waals surface area contributed by atoms with Crippen LogP contribution >= 0.6 is 22.9 Å². The molecule has 2 aliphatic rings. The number of halogens is 2. The second-order valence-corrected chi connectivity index (χ2v) is 12.1. The molecule has 0 radical (unpaired) electrons. The summed E-state index contributed by atoms with van der Waals surface area (Å²) in [5, 5.41) is 0.731. The van der Waals surface area contributed by atoms with Gasteiger partial charge in [-0.25, -0.2) is 9.37 Å². The summed E-state index contributed by atoms with van der Waals surface area (Å²) in [4.78, 5) is 51.4. The van der Waals surface area contributed by atoms with E-state index in [-0.39, 0.29) is 34.0 Å². The van der Waals surface area contributed by atoms with Crippen LogP contribution in [0.5, 0.6) is 0 Å². The number of aryl methyl sites for hydroxylation is 1. The molecule has 1 spiro atoms. The fourth-order valence-corrected chi connectivity index (χ4v) is 7.42. The van der Waals surface area contributed by atoms with Gasteiger partial charge in [0, 0.05) is 10.6 Å². The molecule has 1 atom stereocenters. The Morgan fingerprint density at radius 3 is 2.58 bits per heavy atom. The minimum atomic E-state index is -1.93. The molecule has 4 heterocycles. The topological polar surface area (TPSA) is 83.7 Å². The first-order valence-corrected chi connectivity index (χ1v) is 14.6. The number of hydrogen-bond acceptors (Lipinski definition) is 6. The number of fused-ring (bicyclic) bond motifs is 6. The third kappa shape index (κ3) is 3.52. The van der Waals surface area contributed by atoms with Crippen molar-refractivity contribution in [1.82, 2.24) is 4.98 Å². The molecular weight excluding hydrogens is 589 g/mol. The van der Waals surface area contributed by atoms with Crippen LogP contribution in [0.4, 0.5) is 15.2 Å². The molecular formula is C33H19ClFN3O4S. The van der Waals surface area contributed by atoms with Gasteiger partial charge in [-0.15, -0.1) is 0 Å². The zero-order chi connectivity index (χ0) is 29.6. The van der Waals surface area contributed by atoms with Crippen molar-refractivity contribution in [3.8, 4) is 0 Å². The number of rotatable bonds is 3. The summed E-state index contributed by atoms with van der Waals surface area (Å²) < 4.78 is 21.3. The Hall–Kier alpha value is -4.86. The summed E-state index contributed by atoms with van der Waals surface area (Å²) in [6.07, 6.45) is 0. The lowest BCUT2D eigenvalue weighted by atomic mass is 9.84. The Kier molecular flexibility index (Phi) is 5.44. The molecule has 4 aromatic carbocycles. The molecule has 0 fully saturated rings. The summed E-state index contributed by atoms with van der Waals surface area (Å²) >= 11 is 7.36. The van der Waals surface area contributed by atoms with Crippen LogP contribution in [0.2, 0.25) is 5.02 Å². The van der Waals surface area contributed by atoms with Crippen molar-refractivity contribution in [3.63, 3.8) is 0 Å². The molecule has 0 saturated heterocycles. The summed E-state index contributed by atoms with van der Waals surface area (Å²) in [5.41, 5.74) is 0.726. The fourth-order valence-electron chi connectivity index (χ4n) is 6.18. The van der Waals surface area contributed by atoms with E-state index in [0.29, 0.717) is 21.8 Å². The van der Waals surface area contributed by atoms with E-state index >= 15 is 4.79 Å². The quantitative estimate of drug-likeness (QED) is 0.217. The standard InChI is InChI=1S/C33H19ClFN3O4S/c1-17-6-12-23-26(14-17)43-32(36-23)38-30(40)29-27(28(39)21-15-20(35)11-13-25(21)42-29)33(38)22-4-2-3-5-24(22)37(31(33)41)16-18-7-9-19(34)10-8-18/h2-15H,16H2,1H3. The Bertz CT molecular complexity index is 2250. The van der Waals surface area contributed by atoms with Gasteiger partial charge in [-0.2, -0.15) is 0 Å². The van der Waals surface area contributed by atoms with Gasteiger partial charge in [0.25, 0.3) is 11.8 Å². The maximum Gasteiger partial charge on any atom is 0.297 e. The van der Waals surface area contributed by atoms with Crippen LogP contribution in [0.3, 0.4) is 0 Å². The van der Waals surface area contributed by atoms with Crippen LogP contribution in [0.1, 0.15) is 32.8 Å². The number of carbonyl (C=O) groups excluding carboxylic acids is 2. The second-order valence-electron chi connectivity index (χ2n) is 10.6. The third-order valence-electron chi connectivity index (χ3n) is 8.06. The molecule has 2 amide bonds. The summed E-state index contributed by atoms with van der Waals surface area (Å²) in [6, 6.07) is 23.4. The number of aromatic nitrogens is 1. The first-order valence-electron chi connectivity index (χ1n) is 13.4. The SMILES string of the molecule is Cc1ccc2nc(N3C(=O)c4oc5ccc(F)cc5c(=O)c4C34C(=O)N(Cc3ccc(Cl)cc3)c3ccccc34)sc2c1. The van der Waals surface area contributed by atoms with E-state index in [1.165, 1.54) is 22.3 Å². The van der Waals surface area contributed by atoms with Crippen molar-refractivity contribution in [2.45, 2.75) is 19.0 Å². The van der Waals surface area contributed by atoms with Crippen LogP contribution in [-0.4, -0.2) is 16.8 Å². The van der Waals surface area contributed by atoms with E-state index in [1.54, 1.807) is 41.3 Å². The van der Waals surface area contributed by atoms with Crippen LogP contribution in [0, 0.1) is 12.7 Å². The van der Waals surface area contributed by atoms with Gasteiger partial charge in [-0.1, -0.05) is 59.3 Å². The Labute approximate surface area is 252 Å². The van der Waals surface area contributed by atoms with E-state index in [0.717, 1.165) is 28.0 Å². The predicted octanol–water partition coefficient (Wildman–Crippen LogP) is 6.95. The molecule has 210 valence electrons. The van der Waals surface area contributed by atoms with Crippen LogP contribution in [0.15, 0.2) is 94.1 Å². The lowest BCUT2D eigenvalue weighted by molar-refractivity contribution is -0.121. The molecule has 2 aromatic heterocycles. The zero-order valence-electron chi connectivity index (χ0n) is 22.4. The molecule has 8 rings (SSSR count). The average molecular weight is 608 g/mol. The van der Waals surface area contributed by atoms with Gasteiger partial charge in [0.2, 0.25) is 5.76 Å². The monoisotopic (exact) mass is 607 g/mol. The largest absolute Gasteiger partial charge is 0.450 e. The van der Waals surface area contributed by atoms with Gasteiger partial charge < -0.3 is 9.32 Å². The minimum Gasteiger partial charge on any atom is -0.450 e. The maximum atomic E-state index is 15.0. The highest BCUT2D eigenvalue weighted by Gasteiger charge is 2.66. The number of anilines is 2. The van der Waals surface area contributed by atoms with Gasteiger partial charge in [0.05, 0.1) is 33.4 Å². The van der Waals surface area contributed by atoms with E-state index in [9.17, 15) is 14.0 Å². The molecule has 0 saturated carbocycles. The number of amides is 2. The van der Waals surface area contributed by atoms with Crippen LogP contribution < -0.4 is 15.2 Å². The van der Waals surface area contributed by atoms with Gasteiger partial charge >= 0.3 is 0 Å². The molecule has 10 heteroatoms. The highest BCUT2D eigenvalue weighted by Crippen LogP contribution is 2.55.